The van der Waals surface area contributed by atoms with Gasteiger partial charge in [0.1, 0.15) is 11.6 Å². The highest BCUT2D eigenvalue weighted by molar-refractivity contribution is 7.22. The van der Waals surface area contributed by atoms with Crippen LogP contribution in [0.1, 0.15) is 18.0 Å². The fraction of sp³-hybridized carbons (Fsp3) is 0.188. The third-order valence-corrected chi connectivity index (χ3v) is 4.56. The lowest BCUT2D eigenvalue weighted by Gasteiger charge is -2.26. The minimum Gasteiger partial charge on any atom is -0.493 e. The van der Waals surface area contributed by atoms with Crippen molar-refractivity contribution in [2.45, 2.75) is 12.5 Å². The van der Waals surface area contributed by atoms with Crippen LogP contribution in [0.25, 0.3) is 10.2 Å². The fourth-order valence-corrected chi connectivity index (χ4v) is 3.54. The number of fused-ring (bicyclic) bond motifs is 2. The molecule has 1 unspecified atom stereocenters. The molecule has 0 amide bonds. The summed E-state index contributed by atoms with van der Waals surface area (Å²) >= 11 is 1.48. The monoisotopic (exact) mass is 300 g/mol. The number of hydrogen-bond acceptors (Lipinski definition) is 4. The lowest BCUT2D eigenvalue weighted by molar-refractivity contribution is 0.274. The molecule has 1 N–H and O–H groups in total. The molecule has 4 rings (SSSR count). The first kappa shape index (κ1) is 12.6. The Morgan fingerprint density at radius 1 is 1.24 bits per heavy atom. The summed E-state index contributed by atoms with van der Waals surface area (Å²) in [7, 11) is 0. The van der Waals surface area contributed by atoms with Gasteiger partial charge in [0.15, 0.2) is 5.13 Å². The molecule has 0 spiro atoms. The maximum absolute atomic E-state index is 13.2. The Morgan fingerprint density at radius 3 is 3.10 bits per heavy atom. The zero-order chi connectivity index (χ0) is 14.2. The van der Waals surface area contributed by atoms with Crippen molar-refractivity contribution in [2.24, 2.45) is 0 Å². The first-order valence-electron chi connectivity index (χ1n) is 6.84. The Kier molecular flexibility index (Phi) is 3.00. The molecular weight excluding hydrogens is 287 g/mol. The third kappa shape index (κ3) is 2.34. The Morgan fingerprint density at radius 2 is 2.14 bits per heavy atom. The topological polar surface area (TPSA) is 34.2 Å². The van der Waals surface area contributed by atoms with Crippen LogP contribution >= 0.6 is 11.3 Å². The van der Waals surface area contributed by atoms with Crippen LogP contribution in [0.2, 0.25) is 0 Å². The van der Waals surface area contributed by atoms with E-state index in [0.717, 1.165) is 33.1 Å². The molecule has 106 valence electrons. The summed E-state index contributed by atoms with van der Waals surface area (Å²) in [5.41, 5.74) is 1.97. The number of ether oxygens (including phenoxy) is 1. The number of anilines is 1. The molecule has 21 heavy (non-hydrogen) atoms. The van der Waals surface area contributed by atoms with Crippen molar-refractivity contribution < 1.29 is 9.13 Å². The second kappa shape index (κ2) is 5.00. The quantitative estimate of drug-likeness (QED) is 0.763. The molecule has 3 nitrogen and oxygen atoms in total. The van der Waals surface area contributed by atoms with E-state index in [1.807, 2.05) is 18.2 Å². The smallest absolute Gasteiger partial charge is 0.184 e. The van der Waals surface area contributed by atoms with Gasteiger partial charge in [-0.15, -0.1) is 0 Å². The van der Waals surface area contributed by atoms with Gasteiger partial charge in [-0.2, -0.15) is 0 Å². The minimum absolute atomic E-state index is 0.181. The molecule has 0 radical (unpaired) electrons. The minimum atomic E-state index is -0.228. The van der Waals surface area contributed by atoms with Gasteiger partial charge in [0, 0.05) is 12.0 Å². The van der Waals surface area contributed by atoms with E-state index in [4.69, 9.17) is 4.74 Å². The number of rotatable bonds is 2. The number of aromatic nitrogens is 1. The predicted molar refractivity (Wildman–Crippen MR) is 82.5 cm³/mol. The molecule has 1 atom stereocenters. The fourth-order valence-electron chi connectivity index (χ4n) is 2.60. The summed E-state index contributed by atoms with van der Waals surface area (Å²) in [4.78, 5) is 4.52. The maximum atomic E-state index is 13.2. The van der Waals surface area contributed by atoms with Crippen LogP contribution in [0.5, 0.6) is 5.75 Å². The summed E-state index contributed by atoms with van der Waals surface area (Å²) in [6.07, 6.45) is 0.890. The standard InChI is InChI=1S/C16H13FN2OS/c17-10-5-6-13-15(9-10)21-16(19-13)18-12-7-8-20-14-4-2-1-3-11(12)14/h1-6,9,12H,7-8H2,(H,18,19). The molecule has 0 aliphatic carbocycles. The maximum Gasteiger partial charge on any atom is 0.184 e. The number of thiazole rings is 1. The van der Waals surface area contributed by atoms with Gasteiger partial charge in [0.25, 0.3) is 0 Å². The number of para-hydroxylation sites is 1. The Hall–Kier alpha value is -2.14. The summed E-state index contributed by atoms with van der Waals surface area (Å²) < 4.78 is 19.8. The van der Waals surface area contributed by atoms with Crippen LogP contribution in [-0.4, -0.2) is 11.6 Å². The highest BCUT2D eigenvalue weighted by Gasteiger charge is 2.21. The van der Waals surface area contributed by atoms with E-state index in [-0.39, 0.29) is 11.9 Å². The molecule has 1 aromatic heterocycles. The highest BCUT2D eigenvalue weighted by atomic mass is 32.1. The molecule has 0 bridgehead atoms. The average molecular weight is 300 g/mol. The van der Waals surface area contributed by atoms with Crippen LogP contribution in [0.3, 0.4) is 0 Å². The van der Waals surface area contributed by atoms with E-state index >= 15 is 0 Å². The summed E-state index contributed by atoms with van der Waals surface area (Å²) in [5.74, 6) is 0.697. The summed E-state index contributed by atoms with van der Waals surface area (Å²) in [6.45, 7) is 0.689. The van der Waals surface area contributed by atoms with Gasteiger partial charge in [0.2, 0.25) is 0 Å². The summed E-state index contributed by atoms with van der Waals surface area (Å²) in [6, 6.07) is 12.9. The van der Waals surface area contributed by atoms with Crippen LogP contribution in [0.15, 0.2) is 42.5 Å². The lowest BCUT2D eigenvalue weighted by Crippen LogP contribution is -2.20. The van der Waals surface area contributed by atoms with Crippen molar-refractivity contribution in [3.8, 4) is 5.75 Å². The van der Waals surface area contributed by atoms with Gasteiger partial charge in [-0.3, -0.25) is 0 Å². The van der Waals surface area contributed by atoms with E-state index < -0.39 is 0 Å². The second-order valence-corrected chi connectivity index (χ2v) is 6.03. The van der Waals surface area contributed by atoms with Gasteiger partial charge < -0.3 is 10.1 Å². The third-order valence-electron chi connectivity index (χ3n) is 3.61. The molecule has 2 heterocycles. The molecule has 0 fully saturated rings. The highest BCUT2D eigenvalue weighted by Crippen LogP contribution is 2.36. The SMILES string of the molecule is Fc1ccc2nc(NC3CCOc4ccccc43)sc2c1. The van der Waals surface area contributed by atoms with Crippen molar-refractivity contribution in [1.82, 2.24) is 4.98 Å². The Labute approximate surface area is 125 Å². The molecule has 5 heteroatoms. The second-order valence-electron chi connectivity index (χ2n) is 5.00. The van der Waals surface area contributed by atoms with E-state index in [9.17, 15) is 4.39 Å². The van der Waals surface area contributed by atoms with Crippen LogP contribution in [0.4, 0.5) is 9.52 Å². The molecule has 0 saturated heterocycles. The molecule has 3 aromatic rings. The zero-order valence-electron chi connectivity index (χ0n) is 11.2. The van der Waals surface area contributed by atoms with Crippen molar-refractivity contribution >= 4 is 26.7 Å². The molecule has 2 aromatic carbocycles. The first-order chi connectivity index (χ1) is 10.3. The largest absolute Gasteiger partial charge is 0.493 e. The van der Waals surface area contributed by atoms with Crippen LogP contribution < -0.4 is 10.1 Å². The molecule has 1 aliphatic heterocycles. The Balaban J connectivity index is 1.66. The number of halogens is 1. The lowest BCUT2D eigenvalue weighted by atomic mass is 10.0. The number of benzene rings is 2. The molecule has 0 saturated carbocycles. The van der Waals surface area contributed by atoms with Gasteiger partial charge in [-0.05, 0) is 24.3 Å². The first-order valence-corrected chi connectivity index (χ1v) is 7.65. The van der Waals surface area contributed by atoms with Gasteiger partial charge in [-0.1, -0.05) is 29.5 Å². The van der Waals surface area contributed by atoms with Crippen molar-refractivity contribution in [3.05, 3.63) is 53.8 Å². The van der Waals surface area contributed by atoms with Crippen LogP contribution in [-0.2, 0) is 0 Å². The molecular formula is C16H13FN2OS. The number of nitrogens with zero attached hydrogens (tertiary/aromatic N) is 1. The van der Waals surface area contributed by atoms with Gasteiger partial charge in [-0.25, -0.2) is 9.37 Å². The zero-order valence-corrected chi connectivity index (χ0v) is 12.0. The predicted octanol–water partition coefficient (Wildman–Crippen LogP) is 4.37. The van der Waals surface area contributed by atoms with Gasteiger partial charge in [0.05, 0.1) is 22.9 Å². The number of hydrogen-bond donors (Lipinski definition) is 1. The van der Waals surface area contributed by atoms with E-state index in [1.165, 1.54) is 23.5 Å². The Bertz CT molecular complexity index is 802. The van der Waals surface area contributed by atoms with Crippen molar-refractivity contribution in [2.75, 3.05) is 11.9 Å². The summed E-state index contributed by atoms with van der Waals surface area (Å²) in [5, 5.41) is 4.27. The number of nitrogens with one attached hydrogen (secondary N) is 1. The van der Waals surface area contributed by atoms with E-state index in [2.05, 4.69) is 16.4 Å². The van der Waals surface area contributed by atoms with Crippen molar-refractivity contribution in [1.29, 1.82) is 0 Å². The van der Waals surface area contributed by atoms with Crippen LogP contribution in [0, 0.1) is 5.82 Å². The van der Waals surface area contributed by atoms with E-state index in [1.54, 1.807) is 6.07 Å². The van der Waals surface area contributed by atoms with Crippen molar-refractivity contribution in [3.63, 3.8) is 0 Å². The molecule has 1 aliphatic rings. The van der Waals surface area contributed by atoms with E-state index in [0.29, 0.717) is 6.61 Å². The normalized spacial score (nSPS) is 17.3. The van der Waals surface area contributed by atoms with Gasteiger partial charge >= 0.3 is 0 Å². The average Bonchev–Trinajstić information content (AvgIpc) is 2.89.